The summed E-state index contributed by atoms with van der Waals surface area (Å²) in [5, 5.41) is 0.675. The summed E-state index contributed by atoms with van der Waals surface area (Å²) in [5.41, 5.74) is 3.06. The Morgan fingerprint density at radius 2 is 1.59 bits per heavy atom. The second-order valence-electron chi connectivity index (χ2n) is 6.97. The van der Waals surface area contributed by atoms with E-state index >= 15 is 0 Å². The van der Waals surface area contributed by atoms with Crippen molar-refractivity contribution >= 4 is 16.8 Å². The van der Waals surface area contributed by atoms with Gasteiger partial charge in [-0.1, -0.05) is 60.7 Å². The molecule has 0 saturated carbocycles. The molecule has 4 heteroatoms. The average Bonchev–Trinajstić information content (AvgIpc) is 2.73. The molecule has 0 aliphatic carbocycles. The van der Waals surface area contributed by atoms with Crippen LogP contribution in [-0.4, -0.2) is 11.9 Å². The van der Waals surface area contributed by atoms with Gasteiger partial charge in [-0.25, -0.2) is 4.79 Å². The lowest BCUT2D eigenvalue weighted by Crippen LogP contribution is -2.24. The molecule has 0 radical (unpaired) electrons. The quantitative estimate of drug-likeness (QED) is 0.341. The number of aryl methyl sites for hydroxylation is 1. The number of benzene rings is 3. The van der Waals surface area contributed by atoms with Gasteiger partial charge in [0.1, 0.15) is 11.3 Å². The predicted octanol–water partition coefficient (Wildman–Crippen LogP) is 5.42. The first-order chi connectivity index (χ1) is 14.0. The zero-order chi connectivity index (χ0) is 20.4. The van der Waals surface area contributed by atoms with Crippen molar-refractivity contribution in [2.45, 2.75) is 20.0 Å². The molecule has 144 valence electrons. The van der Waals surface area contributed by atoms with E-state index in [9.17, 15) is 9.59 Å². The smallest absolute Gasteiger partial charge is 0.336 e. The number of ketones is 1. The lowest BCUT2D eigenvalue weighted by molar-refractivity contribution is 0.0820. The van der Waals surface area contributed by atoms with Crippen molar-refractivity contribution in [1.82, 2.24) is 0 Å². The number of rotatable bonds is 5. The third kappa shape index (κ3) is 3.83. The Labute approximate surface area is 168 Å². The van der Waals surface area contributed by atoms with Crippen LogP contribution < -0.4 is 10.4 Å². The van der Waals surface area contributed by atoms with Crippen LogP contribution in [0.3, 0.4) is 0 Å². The molecule has 0 N–H and O–H groups in total. The molecule has 29 heavy (non-hydrogen) atoms. The minimum atomic E-state index is -0.696. The van der Waals surface area contributed by atoms with Gasteiger partial charge in [0.15, 0.2) is 6.10 Å². The highest BCUT2D eigenvalue weighted by atomic mass is 16.5. The van der Waals surface area contributed by atoms with E-state index in [2.05, 4.69) is 0 Å². The van der Waals surface area contributed by atoms with Crippen LogP contribution in [0.2, 0.25) is 0 Å². The maximum absolute atomic E-state index is 12.8. The zero-order valence-electron chi connectivity index (χ0n) is 16.2. The largest absolute Gasteiger partial charge is 0.482 e. The standard InChI is InChI=1S/C25H20O4/c1-16-13-21(28-17(2)25(27)19-11-7-4-8-12-19)24-20(18-9-5-3-6-10-18)15-23(26)29-22(24)14-16/h3-15,17H,1-2H3/t17-/m1/s1. The molecule has 3 aromatic carbocycles. The van der Waals surface area contributed by atoms with E-state index in [1.165, 1.54) is 6.07 Å². The maximum Gasteiger partial charge on any atom is 0.336 e. The highest BCUT2D eigenvalue weighted by Gasteiger charge is 2.20. The summed E-state index contributed by atoms with van der Waals surface area (Å²) in [5.74, 6) is 0.401. The van der Waals surface area contributed by atoms with Crippen molar-refractivity contribution in [3.63, 3.8) is 0 Å². The minimum Gasteiger partial charge on any atom is -0.482 e. The number of ether oxygens (including phenoxy) is 1. The van der Waals surface area contributed by atoms with Gasteiger partial charge in [0.2, 0.25) is 5.78 Å². The monoisotopic (exact) mass is 384 g/mol. The van der Waals surface area contributed by atoms with Crippen molar-refractivity contribution in [3.8, 4) is 16.9 Å². The molecule has 0 saturated heterocycles. The Morgan fingerprint density at radius 1 is 0.931 bits per heavy atom. The molecule has 1 atom stereocenters. The number of carbonyl (C=O) groups excluding carboxylic acids is 1. The van der Waals surface area contributed by atoms with Gasteiger partial charge in [-0.15, -0.1) is 0 Å². The van der Waals surface area contributed by atoms with E-state index in [0.717, 1.165) is 11.1 Å². The predicted molar refractivity (Wildman–Crippen MR) is 114 cm³/mol. The molecule has 0 aliphatic heterocycles. The fraction of sp³-hybridized carbons (Fsp3) is 0.120. The second kappa shape index (κ2) is 7.76. The van der Waals surface area contributed by atoms with Crippen LogP contribution in [0.15, 0.2) is 88.1 Å². The number of fused-ring (bicyclic) bond motifs is 1. The number of Topliss-reactive ketones (excluding diaryl/α,β-unsaturated/α-hetero) is 1. The lowest BCUT2D eigenvalue weighted by atomic mass is 10.00. The fourth-order valence-corrected chi connectivity index (χ4v) is 3.41. The molecule has 0 bridgehead atoms. The summed E-state index contributed by atoms with van der Waals surface area (Å²) in [4.78, 5) is 24.9. The van der Waals surface area contributed by atoms with Crippen LogP contribution in [0.1, 0.15) is 22.8 Å². The Hall–Kier alpha value is -3.66. The molecule has 4 aromatic rings. The van der Waals surface area contributed by atoms with E-state index in [1.54, 1.807) is 25.1 Å². The van der Waals surface area contributed by atoms with Gasteiger partial charge in [-0.2, -0.15) is 0 Å². The zero-order valence-corrected chi connectivity index (χ0v) is 16.2. The van der Waals surface area contributed by atoms with Crippen LogP contribution >= 0.6 is 0 Å². The van der Waals surface area contributed by atoms with Gasteiger partial charge in [-0.05, 0) is 37.1 Å². The summed E-state index contributed by atoms with van der Waals surface area (Å²) < 4.78 is 11.6. The van der Waals surface area contributed by atoms with E-state index < -0.39 is 11.7 Å². The lowest BCUT2D eigenvalue weighted by Gasteiger charge is -2.17. The van der Waals surface area contributed by atoms with E-state index in [1.807, 2.05) is 61.5 Å². The highest BCUT2D eigenvalue weighted by molar-refractivity contribution is 6.01. The summed E-state index contributed by atoms with van der Waals surface area (Å²) in [6.07, 6.45) is -0.696. The molecule has 0 spiro atoms. The third-order valence-electron chi connectivity index (χ3n) is 4.77. The van der Waals surface area contributed by atoms with Crippen LogP contribution in [0, 0.1) is 6.92 Å². The van der Waals surface area contributed by atoms with Crippen LogP contribution in [0.4, 0.5) is 0 Å². The molecule has 1 aromatic heterocycles. The first-order valence-electron chi connectivity index (χ1n) is 9.43. The summed E-state index contributed by atoms with van der Waals surface area (Å²) >= 11 is 0. The van der Waals surface area contributed by atoms with Crippen molar-refractivity contribution in [3.05, 3.63) is 100 Å². The van der Waals surface area contributed by atoms with Gasteiger partial charge in [0.05, 0.1) is 5.39 Å². The van der Waals surface area contributed by atoms with Crippen molar-refractivity contribution in [1.29, 1.82) is 0 Å². The Morgan fingerprint density at radius 3 is 2.28 bits per heavy atom. The summed E-state index contributed by atoms with van der Waals surface area (Å²) in [6, 6.07) is 23.8. The fourth-order valence-electron chi connectivity index (χ4n) is 3.41. The van der Waals surface area contributed by atoms with Gasteiger partial charge >= 0.3 is 5.63 Å². The Balaban J connectivity index is 1.84. The first kappa shape index (κ1) is 18.7. The molecule has 0 amide bonds. The highest BCUT2D eigenvalue weighted by Crippen LogP contribution is 2.36. The number of hydrogen-bond donors (Lipinski definition) is 0. The minimum absolute atomic E-state index is 0.112. The average molecular weight is 384 g/mol. The number of hydrogen-bond acceptors (Lipinski definition) is 4. The molecule has 0 fully saturated rings. The van der Waals surface area contributed by atoms with Crippen molar-refractivity contribution in [2.75, 3.05) is 0 Å². The van der Waals surface area contributed by atoms with Gasteiger partial charge in [0.25, 0.3) is 0 Å². The second-order valence-corrected chi connectivity index (χ2v) is 6.97. The van der Waals surface area contributed by atoms with Crippen molar-refractivity contribution in [2.24, 2.45) is 0 Å². The molecular weight excluding hydrogens is 364 g/mol. The topological polar surface area (TPSA) is 56.5 Å². The van der Waals surface area contributed by atoms with Gasteiger partial charge in [0, 0.05) is 17.2 Å². The van der Waals surface area contributed by atoms with Gasteiger partial charge < -0.3 is 9.15 Å². The number of carbonyl (C=O) groups is 1. The molecule has 0 aliphatic rings. The molecular formula is C25H20O4. The van der Waals surface area contributed by atoms with Crippen LogP contribution in [0.25, 0.3) is 22.1 Å². The molecule has 4 nitrogen and oxygen atoms in total. The molecule has 4 rings (SSSR count). The summed E-state index contributed by atoms with van der Waals surface area (Å²) in [6.45, 7) is 3.62. The van der Waals surface area contributed by atoms with E-state index in [4.69, 9.17) is 9.15 Å². The SMILES string of the molecule is Cc1cc(O[C@H](C)C(=O)c2ccccc2)c2c(-c3ccccc3)cc(=O)oc2c1. The van der Waals surface area contributed by atoms with E-state index in [0.29, 0.717) is 27.8 Å². The first-order valence-corrected chi connectivity index (χ1v) is 9.43. The maximum atomic E-state index is 12.8. The van der Waals surface area contributed by atoms with Crippen LogP contribution in [-0.2, 0) is 0 Å². The Bertz CT molecular complexity index is 1220. The van der Waals surface area contributed by atoms with E-state index in [-0.39, 0.29) is 5.78 Å². The molecule has 1 heterocycles. The molecule has 0 unspecified atom stereocenters. The van der Waals surface area contributed by atoms with Crippen molar-refractivity contribution < 1.29 is 13.9 Å². The summed E-state index contributed by atoms with van der Waals surface area (Å²) in [7, 11) is 0. The third-order valence-corrected chi connectivity index (χ3v) is 4.77. The van der Waals surface area contributed by atoms with Gasteiger partial charge in [-0.3, -0.25) is 4.79 Å². The van der Waals surface area contributed by atoms with Crippen LogP contribution in [0.5, 0.6) is 5.75 Å². The Kier molecular flexibility index (Phi) is 5.00. The normalized spacial score (nSPS) is 11.9.